The highest BCUT2D eigenvalue weighted by Gasteiger charge is 2.19. The molecule has 1 aromatic heterocycles. The number of fused-ring (bicyclic) bond motifs is 1. The van der Waals surface area contributed by atoms with E-state index in [1.807, 2.05) is 6.07 Å². The summed E-state index contributed by atoms with van der Waals surface area (Å²) in [5, 5.41) is 14.0. The fourth-order valence-electron chi connectivity index (χ4n) is 3.10. The van der Waals surface area contributed by atoms with Crippen molar-refractivity contribution in [2.24, 2.45) is 5.10 Å². The first-order chi connectivity index (χ1) is 15.2. The second-order valence-corrected chi connectivity index (χ2v) is 7.90. The van der Waals surface area contributed by atoms with Gasteiger partial charge in [0, 0.05) is 10.0 Å². The minimum Gasteiger partial charge on any atom is -0.493 e. The molecule has 0 aliphatic carbocycles. The van der Waals surface area contributed by atoms with Gasteiger partial charge in [0.05, 0.1) is 24.2 Å². The average molecular weight is 500 g/mol. The molecule has 1 atom stereocenters. The van der Waals surface area contributed by atoms with Crippen LogP contribution in [-0.4, -0.2) is 40.2 Å². The fraction of sp³-hybridized carbons (Fsp3) is 0.217. The van der Waals surface area contributed by atoms with Crippen molar-refractivity contribution in [3.8, 4) is 11.5 Å². The summed E-state index contributed by atoms with van der Waals surface area (Å²) >= 11 is 3.37. The summed E-state index contributed by atoms with van der Waals surface area (Å²) in [5.41, 5.74) is 1.61. The van der Waals surface area contributed by atoms with E-state index in [-0.39, 0.29) is 5.56 Å². The molecule has 1 N–H and O–H groups in total. The van der Waals surface area contributed by atoms with Crippen LogP contribution < -0.4 is 15.0 Å². The van der Waals surface area contributed by atoms with Crippen LogP contribution in [-0.2, 0) is 11.2 Å². The highest BCUT2D eigenvalue weighted by atomic mass is 79.9. The topological polar surface area (TPSA) is 103 Å². The third-order valence-electron chi connectivity index (χ3n) is 4.67. The van der Waals surface area contributed by atoms with Gasteiger partial charge in [-0.3, -0.25) is 4.79 Å². The number of benzene rings is 2. The Balaban J connectivity index is 2.07. The first kappa shape index (κ1) is 23.2. The Morgan fingerprint density at radius 1 is 1.38 bits per heavy atom. The van der Waals surface area contributed by atoms with E-state index in [9.17, 15) is 14.7 Å². The molecule has 32 heavy (non-hydrogen) atoms. The number of ether oxygens (including phenoxy) is 2. The number of hydrogen-bond acceptors (Lipinski definition) is 6. The second-order valence-electron chi connectivity index (χ2n) is 6.98. The van der Waals surface area contributed by atoms with Crippen molar-refractivity contribution in [3.63, 3.8) is 0 Å². The van der Waals surface area contributed by atoms with Gasteiger partial charge in [-0.2, -0.15) is 9.78 Å². The van der Waals surface area contributed by atoms with Gasteiger partial charge in [0.25, 0.3) is 5.56 Å². The lowest BCUT2D eigenvalue weighted by atomic mass is 10.1. The highest BCUT2D eigenvalue weighted by Crippen LogP contribution is 2.34. The highest BCUT2D eigenvalue weighted by molar-refractivity contribution is 9.10. The number of allylic oxidation sites excluding steroid dienone is 1. The van der Waals surface area contributed by atoms with E-state index in [1.54, 1.807) is 37.3 Å². The van der Waals surface area contributed by atoms with Crippen LogP contribution in [0.2, 0.25) is 0 Å². The van der Waals surface area contributed by atoms with Gasteiger partial charge in [-0.25, -0.2) is 9.78 Å². The number of methoxy groups -OCH3 is 1. The molecular formula is C23H22BrN3O5. The molecule has 0 unspecified atom stereocenters. The van der Waals surface area contributed by atoms with Crippen LogP contribution in [0.25, 0.3) is 10.9 Å². The maximum Gasteiger partial charge on any atom is 0.344 e. The summed E-state index contributed by atoms with van der Waals surface area (Å²) in [6.45, 7) is 6.89. The molecule has 0 bridgehead atoms. The Hall–Kier alpha value is -3.46. The molecule has 0 aliphatic heterocycles. The van der Waals surface area contributed by atoms with Crippen molar-refractivity contribution in [1.82, 2.24) is 9.66 Å². The third-order valence-corrected chi connectivity index (χ3v) is 5.17. The first-order valence-corrected chi connectivity index (χ1v) is 10.5. The van der Waals surface area contributed by atoms with Crippen molar-refractivity contribution < 1.29 is 19.4 Å². The minimum absolute atomic E-state index is 0.293. The van der Waals surface area contributed by atoms with Gasteiger partial charge in [-0.1, -0.05) is 22.0 Å². The number of nitrogens with zero attached hydrogens (tertiary/aromatic N) is 3. The normalized spacial score (nSPS) is 12.1. The summed E-state index contributed by atoms with van der Waals surface area (Å²) in [7, 11) is 1.46. The van der Waals surface area contributed by atoms with E-state index in [4.69, 9.17) is 9.47 Å². The van der Waals surface area contributed by atoms with Gasteiger partial charge in [-0.05, 0) is 56.2 Å². The quantitative estimate of drug-likeness (QED) is 0.371. The summed E-state index contributed by atoms with van der Waals surface area (Å²) < 4.78 is 13.0. The molecule has 8 nitrogen and oxygen atoms in total. The number of aromatic nitrogens is 2. The zero-order valence-electron chi connectivity index (χ0n) is 17.8. The number of aliphatic carboxylic acids is 1. The van der Waals surface area contributed by atoms with Gasteiger partial charge in [0.1, 0.15) is 5.82 Å². The lowest BCUT2D eigenvalue weighted by Gasteiger charge is -2.18. The van der Waals surface area contributed by atoms with Gasteiger partial charge in [-0.15, -0.1) is 6.58 Å². The predicted molar refractivity (Wildman–Crippen MR) is 126 cm³/mol. The Bertz CT molecular complexity index is 1280. The van der Waals surface area contributed by atoms with Crippen molar-refractivity contribution in [1.29, 1.82) is 0 Å². The van der Waals surface area contributed by atoms with Crippen molar-refractivity contribution in [2.45, 2.75) is 26.4 Å². The van der Waals surface area contributed by atoms with Crippen LogP contribution in [0.4, 0.5) is 0 Å². The summed E-state index contributed by atoms with van der Waals surface area (Å²) in [6.07, 6.45) is 2.55. The number of carbonyl (C=O) groups is 1. The van der Waals surface area contributed by atoms with E-state index in [0.29, 0.717) is 45.8 Å². The summed E-state index contributed by atoms with van der Waals surface area (Å²) in [6, 6.07) is 8.74. The van der Waals surface area contributed by atoms with Crippen LogP contribution in [0.15, 0.2) is 57.4 Å². The van der Waals surface area contributed by atoms with E-state index < -0.39 is 12.1 Å². The van der Waals surface area contributed by atoms with E-state index >= 15 is 0 Å². The van der Waals surface area contributed by atoms with Gasteiger partial charge in [0.2, 0.25) is 0 Å². The van der Waals surface area contributed by atoms with Crippen LogP contribution >= 0.6 is 15.9 Å². The molecule has 3 aromatic rings. The zero-order valence-corrected chi connectivity index (χ0v) is 19.4. The van der Waals surface area contributed by atoms with E-state index in [1.165, 1.54) is 24.9 Å². The molecule has 0 aliphatic rings. The maximum atomic E-state index is 12.9. The Morgan fingerprint density at radius 3 is 2.78 bits per heavy atom. The van der Waals surface area contributed by atoms with Crippen LogP contribution in [0.1, 0.15) is 23.9 Å². The third kappa shape index (κ3) is 4.88. The monoisotopic (exact) mass is 499 g/mol. The molecule has 0 saturated carbocycles. The number of carboxylic acids is 1. The van der Waals surface area contributed by atoms with Crippen molar-refractivity contribution in [3.05, 3.63) is 74.8 Å². The Kier molecular flexibility index (Phi) is 7.09. The molecule has 166 valence electrons. The van der Waals surface area contributed by atoms with Crippen molar-refractivity contribution in [2.75, 3.05) is 7.11 Å². The zero-order chi connectivity index (χ0) is 23.4. The largest absolute Gasteiger partial charge is 0.493 e. The summed E-state index contributed by atoms with van der Waals surface area (Å²) in [4.78, 5) is 28.6. The molecule has 9 heteroatoms. The SMILES string of the molecule is C=CCc1cc(C=Nn2c(C)nc3ccc(Br)cc3c2=O)cc(OC)c1O[C@H](C)C(=O)O. The molecule has 0 radical (unpaired) electrons. The van der Waals surface area contributed by atoms with E-state index in [0.717, 1.165) is 4.47 Å². The number of hydrogen-bond donors (Lipinski definition) is 1. The van der Waals surface area contributed by atoms with E-state index in [2.05, 4.69) is 32.6 Å². The predicted octanol–water partition coefficient (Wildman–Crippen LogP) is 3.94. The van der Waals surface area contributed by atoms with Crippen LogP contribution in [0, 0.1) is 6.92 Å². The standard InChI is InChI=1S/C23H22BrN3O5/c1-5-6-16-9-15(10-20(31-4)21(16)32-13(2)23(29)30)12-25-27-14(3)26-19-8-7-17(24)11-18(19)22(27)28/h5,7-13H,1,6H2,2-4H3,(H,29,30)/t13-/m1/s1. The van der Waals surface area contributed by atoms with Gasteiger partial charge in [0.15, 0.2) is 17.6 Å². The molecule has 3 rings (SSSR count). The Morgan fingerprint density at radius 2 is 2.12 bits per heavy atom. The number of rotatable bonds is 8. The molecule has 0 fully saturated rings. The summed E-state index contributed by atoms with van der Waals surface area (Å²) in [5.74, 6) is 0.0238. The van der Waals surface area contributed by atoms with Crippen LogP contribution in [0.5, 0.6) is 11.5 Å². The molecule has 2 aromatic carbocycles. The van der Waals surface area contributed by atoms with Crippen molar-refractivity contribution >= 4 is 39.0 Å². The smallest absolute Gasteiger partial charge is 0.344 e. The lowest BCUT2D eigenvalue weighted by molar-refractivity contribution is -0.144. The number of halogens is 1. The average Bonchev–Trinajstić information content (AvgIpc) is 2.75. The lowest BCUT2D eigenvalue weighted by Crippen LogP contribution is -2.23. The van der Waals surface area contributed by atoms with Gasteiger partial charge >= 0.3 is 5.97 Å². The fourth-order valence-corrected chi connectivity index (χ4v) is 3.46. The molecule has 0 spiro atoms. The Labute approximate surface area is 192 Å². The number of aryl methyl sites for hydroxylation is 1. The second kappa shape index (κ2) is 9.78. The minimum atomic E-state index is -1.09. The molecule has 0 amide bonds. The first-order valence-electron chi connectivity index (χ1n) is 9.69. The van der Waals surface area contributed by atoms with Gasteiger partial charge < -0.3 is 14.6 Å². The molecule has 0 saturated heterocycles. The number of carboxylic acid groups (broad SMARTS) is 1. The molecular weight excluding hydrogens is 478 g/mol. The molecule has 1 heterocycles. The van der Waals surface area contributed by atoms with Crippen LogP contribution in [0.3, 0.4) is 0 Å². The maximum absolute atomic E-state index is 12.9.